The second-order valence-electron chi connectivity index (χ2n) is 4.38. The van der Waals surface area contributed by atoms with Crippen LogP contribution in [-0.4, -0.2) is 63.3 Å². The highest BCUT2D eigenvalue weighted by molar-refractivity contribution is 5.77. The summed E-state index contributed by atoms with van der Waals surface area (Å²) < 4.78 is 4.88. The molecule has 17 heavy (non-hydrogen) atoms. The van der Waals surface area contributed by atoms with Crippen LogP contribution in [0, 0.1) is 0 Å². The summed E-state index contributed by atoms with van der Waals surface area (Å²) in [6.45, 7) is 6.68. The first-order valence-corrected chi connectivity index (χ1v) is 6.48. The Morgan fingerprint density at radius 3 is 2.76 bits per heavy atom. The topological polar surface area (TPSA) is 53.6 Å². The van der Waals surface area contributed by atoms with Gasteiger partial charge in [-0.3, -0.25) is 9.69 Å². The Labute approximate surface area is 104 Å². The van der Waals surface area contributed by atoms with E-state index in [1.165, 1.54) is 12.8 Å². The molecular formula is C12H25N3O2. The highest BCUT2D eigenvalue weighted by Crippen LogP contribution is 2.25. The quantitative estimate of drug-likeness (QED) is 0.523. The number of amides is 1. The zero-order valence-electron chi connectivity index (χ0n) is 11.0. The number of hydrogen-bond donors (Lipinski definition) is 2. The molecule has 0 heterocycles. The van der Waals surface area contributed by atoms with Gasteiger partial charge in [0.05, 0.1) is 13.2 Å². The van der Waals surface area contributed by atoms with E-state index >= 15 is 0 Å². The predicted octanol–water partition coefficient (Wildman–Crippen LogP) is -0.177. The second-order valence-corrected chi connectivity index (χ2v) is 4.38. The van der Waals surface area contributed by atoms with E-state index in [-0.39, 0.29) is 5.91 Å². The van der Waals surface area contributed by atoms with Crippen molar-refractivity contribution in [1.82, 2.24) is 15.5 Å². The lowest BCUT2D eigenvalue weighted by Crippen LogP contribution is -2.40. The van der Waals surface area contributed by atoms with E-state index < -0.39 is 0 Å². The highest BCUT2D eigenvalue weighted by Gasteiger charge is 2.27. The molecule has 1 fully saturated rings. The largest absolute Gasteiger partial charge is 0.383 e. The van der Waals surface area contributed by atoms with Crippen LogP contribution in [0.15, 0.2) is 0 Å². The summed E-state index contributed by atoms with van der Waals surface area (Å²) >= 11 is 0. The van der Waals surface area contributed by atoms with Crippen molar-refractivity contribution in [3.05, 3.63) is 0 Å². The van der Waals surface area contributed by atoms with E-state index in [1.54, 1.807) is 7.11 Å². The summed E-state index contributed by atoms with van der Waals surface area (Å²) in [4.78, 5) is 13.9. The normalized spacial score (nSPS) is 15.2. The lowest BCUT2D eigenvalue weighted by molar-refractivity contribution is -0.120. The van der Waals surface area contributed by atoms with Crippen molar-refractivity contribution in [2.45, 2.75) is 25.8 Å². The number of hydrogen-bond acceptors (Lipinski definition) is 4. The van der Waals surface area contributed by atoms with Gasteiger partial charge in [-0.05, 0) is 19.4 Å². The molecule has 1 rings (SSSR count). The molecule has 0 saturated heterocycles. The minimum atomic E-state index is 0.0629. The summed E-state index contributed by atoms with van der Waals surface area (Å²) in [6.07, 6.45) is 2.64. The van der Waals surface area contributed by atoms with Crippen molar-refractivity contribution >= 4 is 5.91 Å². The Morgan fingerprint density at radius 2 is 2.18 bits per heavy atom. The molecular weight excluding hydrogens is 218 g/mol. The number of ether oxygens (including phenoxy) is 1. The molecule has 100 valence electrons. The third-order valence-corrected chi connectivity index (χ3v) is 2.96. The van der Waals surface area contributed by atoms with Gasteiger partial charge >= 0.3 is 0 Å². The second kappa shape index (κ2) is 8.44. The van der Waals surface area contributed by atoms with Gasteiger partial charge in [0, 0.05) is 32.8 Å². The number of methoxy groups -OCH3 is 1. The minimum absolute atomic E-state index is 0.0629. The fraction of sp³-hybridized carbons (Fsp3) is 0.917. The monoisotopic (exact) mass is 243 g/mol. The summed E-state index contributed by atoms with van der Waals surface area (Å²) in [6, 6.07) is 0.775. The fourth-order valence-corrected chi connectivity index (χ4v) is 1.82. The van der Waals surface area contributed by atoms with Crippen LogP contribution in [0.2, 0.25) is 0 Å². The van der Waals surface area contributed by atoms with Crippen LogP contribution in [0.1, 0.15) is 19.8 Å². The molecule has 0 aromatic rings. The molecule has 0 radical (unpaired) electrons. The molecule has 0 aromatic carbocycles. The van der Waals surface area contributed by atoms with Gasteiger partial charge in [-0.15, -0.1) is 0 Å². The lowest BCUT2D eigenvalue weighted by Gasteiger charge is -2.19. The molecule has 0 unspecified atom stereocenters. The van der Waals surface area contributed by atoms with E-state index in [0.29, 0.717) is 19.7 Å². The highest BCUT2D eigenvalue weighted by atomic mass is 16.5. The minimum Gasteiger partial charge on any atom is -0.383 e. The van der Waals surface area contributed by atoms with Crippen LogP contribution in [0.25, 0.3) is 0 Å². The molecule has 5 heteroatoms. The van der Waals surface area contributed by atoms with E-state index in [9.17, 15) is 4.79 Å². The Morgan fingerprint density at radius 1 is 1.41 bits per heavy atom. The molecule has 1 saturated carbocycles. The first kappa shape index (κ1) is 14.4. The Kier molecular flexibility index (Phi) is 7.16. The van der Waals surface area contributed by atoms with Crippen LogP contribution in [0.3, 0.4) is 0 Å². The van der Waals surface area contributed by atoms with E-state index in [2.05, 4.69) is 22.5 Å². The average molecular weight is 243 g/mol. The molecule has 0 spiro atoms. The van der Waals surface area contributed by atoms with E-state index in [4.69, 9.17) is 4.74 Å². The molecule has 1 amide bonds. The average Bonchev–Trinajstić information content (AvgIpc) is 3.14. The number of nitrogens with zero attached hydrogens (tertiary/aromatic N) is 1. The first-order chi connectivity index (χ1) is 8.27. The summed E-state index contributed by atoms with van der Waals surface area (Å²) in [5, 5.41) is 5.95. The predicted molar refractivity (Wildman–Crippen MR) is 68.0 cm³/mol. The van der Waals surface area contributed by atoms with Crippen molar-refractivity contribution < 1.29 is 9.53 Å². The summed E-state index contributed by atoms with van der Waals surface area (Å²) in [5.41, 5.74) is 0. The molecule has 0 aliphatic heterocycles. The first-order valence-electron chi connectivity index (χ1n) is 6.48. The smallest absolute Gasteiger partial charge is 0.234 e. The summed E-state index contributed by atoms with van der Waals surface area (Å²) in [7, 11) is 1.65. The third-order valence-electron chi connectivity index (χ3n) is 2.96. The van der Waals surface area contributed by atoms with Gasteiger partial charge in [-0.25, -0.2) is 0 Å². The standard InChI is InChI=1S/C12H25N3O2/c1-3-15(11-4-5-11)8-6-14-12(16)10-13-7-9-17-2/h11,13H,3-10H2,1-2H3,(H,14,16). The molecule has 0 aromatic heterocycles. The van der Waals surface area contributed by atoms with Crippen molar-refractivity contribution in [2.24, 2.45) is 0 Å². The van der Waals surface area contributed by atoms with Gasteiger partial charge in [0.15, 0.2) is 0 Å². The zero-order valence-corrected chi connectivity index (χ0v) is 11.0. The van der Waals surface area contributed by atoms with Crippen LogP contribution < -0.4 is 10.6 Å². The van der Waals surface area contributed by atoms with Crippen molar-refractivity contribution in [3.8, 4) is 0 Å². The molecule has 0 bridgehead atoms. The molecule has 5 nitrogen and oxygen atoms in total. The van der Waals surface area contributed by atoms with Gasteiger partial charge in [0.25, 0.3) is 0 Å². The Bertz CT molecular complexity index is 220. The van der Waals surface area contributed by atoms with Crippen molar-refractivity contribution in [2.75, 3.05) is 46.4 Å². The SMILES string of the molecule is CCN(CCNC(=O)CNCCOC)C1CC1. The van der Waals surface area contributed by atoms with Gasteiger partial charge in [-0.1, -0.05) is 6.92 Å². The van der Waals surface area contributed by atoms with Gasteiger partial charge in [-0.2, -0.15) is 0 Å². The number of rotatable bonds is 10. The van der Waals surface area contributed by atoms with Gasteiger partial charge < -0.3 is 15.4 Å². The number of nitrogens with one attached hydrogen (secondary N) is 2. The number of carbonyl (C=O) groups is 1. The maximum atomic E-state index is 11.4. The van der Waals surface area contributed by atoms with Crippen LogP contribution in [-0.2, 0) is 9.53 Å². The van der Waals surface area contributed by atoms with Crippen molar-refractivity contribution in [1.29, 1.82) is 0 Å². The fourth-order valence-electron chi connectivity index (χ4n) is 1.82. The van der Waals surface area contributed by atoms with Gasteiger partial charge in [0.2, 0.25) is 5.91 Å². The lowest BCUT2D eigenvalue weighted by atomic mass is 10.4. The maximum absolute atomic E-state index is 11.4. The van der Waals surface area contributed by atoms with Crippen LogP contribution in [0.4, 0.5) is 0 Å². The van der Waals surface area contributed by atoms with E-state index in [0.717, 1.165) is 25.7 Å². The van der Waals surface area contributed by atoms with Gasteiger partial charge in [0.1, 0.15) is 0 Å². The van der Waals surface area contributed by atoms with Crippen LogP contribution >= 0.6 is 0 Å². The molecule has 2 N–H and O–H groups in total. The van der Waals surface area contributed by atoms with E-state index in [1.807, 2.05) is 0 Å². The Hall–Kier alpha value is -0.650. The molecule has 0 atom stereocenters. The zero-order chi connectivity index (χ0) is 12.5. The summed E-state index contributed by atoms with van der Waals surface area (Å²) in [5.74, 6) is 0.0629. The third kappa shape index (κ3) is 6.61. The van der Waals surface area contributed by atoms with Crippen LogP contribution in [0.5, 0.6) is 0 Å². The maximum Gasteiger partial charge on any atom is 0.234 e. The van der Waals surface area contributed by atoms with Crippen molar-refractivity contribution in [3.63, 3.8) is 0 Å². The molecule has 1 aliphatic rings. The number of likely N-dealkylation sites (N-methyl/N-ethyl adjacent to an activating group) is 1. The Balaban J connectivity index is 1.95. The molecule has 1 aliphatic carbocycles. The number of carbonyl (C=O) groups excluding carboxylic acids is 1.